The molecule has 5 heteroatoms. The summed E-state index contributed by atoms with van der Waals surface area (Å²) in [5, 5.41) is 7.83. The maximum absolute atomic E-state index is 12.2. The highest BCUT2D eigenvalue weighted by molar-refractivity contribution is 5.80. The van der Waals surface area contributed by atoms with Crippen molar-refractivity contribution >= 4 is 5.97 Å². The molecule has 0 radical (unpaired) electrons. The maximum atomic E-state index is 12.2. The van der Waals surface area contributed by atoms with Gasteiger partial charge in [0.2, 0.25) is 0 Å². The second kappa shape index (κ2) is 7.07. The number of hydrogen-bond acceptors (Lipinski definition) is 4. The van der Waals surface area contributed by atoms with Crippen LogP contribution in [0, 0.1) is 6.92 Å². The summed E-state index contributed by atoms with van der Waals surface area (Å²) < 4.78 is 7.20. The van der Waals surface area contributed by atoms with Gasteiger partial charge in [0.1, 0.15) is 5.54 Å². The Labute approximate surface area is 127 Å². The van der Waals surface area contributed by atoms with Crippen LogP contribution >= 0.6 is 0 Å². The van der Waals surface area contributed by atoms with Crippen LogP contribution in [0.4, 0.5) is 0 Å². The number of unbranched alkanes of at least 4 members (excludes halogenated alkanes) is 1. The first-order chi connectivity index (χ1) is 10.0. The number of esters is 1. The molecule has 1 heterocycles. The van der Waals surface area contributed by atoms with Crippen LogP contribution in [0.25, 0.3) is 0 Å². The van der Waals surface area contributed by atoms with E-state index in [1.54, 1.807) is 0 Å². The summed E-state index contributed by atoms with van der Waals surface area (Å²) >= 11 is 0. The predicted molar refractivity (Wildman–Crippen MR) is 82.0 cm³/mol. The van der Waals surface area contributed by atoms with Gasteiger partial charge in [0.25, 0.3) is 0 Å². The van der Waals surface area contributed by atoms with Gasteiger partial charge in [-0.1, -0.05) is 0 Å². The van der Waals surface area contributed by atoms with E-state index < -0.39 is 5.54 Å². The summed E-state index contributed by atoms with van der Waals surface area (Å²) in [5.41, 5.74) is 0.499. The average molecular weight is 293 g/mol. The highest BCUT2D eigenvalue weighted by atomic mass is 16.5. The molecule has 1 atom stereocenters. The number of carbonyl (C=O) groups excluding carboxylic acids is 1. The molecule has 0 saturated heterocycles. The Hall–Kier alpha value is -1.36. The second-order valence-corrected chi connectivity index (χ2v) is 6.15. The highest BCUT2D eigenvalue weighted by Gasteiger charge is 2.39. The Bertz CT molecular complexity index is 468. The standard InChI is InChI=1S/C16H27N3O2/c1-4-21-15(20)16(3,17-14-7-8-14)10-5-6-11-19-12-9-13(2)18-19/h9,12,14,17H,4-8,10-11H2,1-3H3. The Morgan fingerprint density at radius 2 is 2.29 bits per heavy atom. The number of nitrogens with one attached hydrogen (secondary N) is 1. The smallest absolute Gasteiger partial charge is 0.326 e. The van der Waals surface area contributed by atoms with Crippen molar-refractivity contribution in [3.63, 3.8) is 0 Å². The van der Waals surface area contributed by atoms with E-state index in [1.807, 2.05) is 37.7 Å². The average Bonchev–Trinajstić information content (AvgIpc) is 3.15. The first kappa shape index (κ1) is 16.0. The van der Waals surface area contributed by atoms with Crippen molar-refractivity contribution in [1.82, 2.24) is 15.1 Å². The van der Waals surface area contributed by atoms with E-state index in [-0.39, 0.29) is 5.97 Å². The summed E-state index contributed by atoms with van der Waals surface area (Å²) in [4.78, 5) is 12.2. The third-order valence-corrected chi connectivity index (χ3v) is 3.91. The molecule has 5 nitrogen and oxygen atoms in total. The lowest BCUT2D eigenvalue weighted by Gasteiger charge is -2.28. The lowest BCUT2D eigenvalue weighted by atomic mass is 9.94. The van der Waals surface area contributed by atoms with E-state index in [2.05, 4.69) is 10.4 Å². The molecule has 1 N–H and O–H groups in total. The monoisotopic (exact) mass is 293 g/mol. The molecule has 0 bridgehead atoms. The number of carbonyl (C=O) groups is 1. The van der Waals surface area contributed by atoms with Crippen LogP contribution in [0.5, 0.6) is 0 Å². The van der Waals surface area contributed by atoms with Gasteiger partial charge < -0.3 is 4.74 Å². The summed E-state index contributed by atoms with van der Waals surface area (Å²) in [6.45, 7) is 7.16. The van der Waals surface area contributed by atoms with Crippen molar-refractivity contribution in [3.05, 3.63) is 18.0 Å². The summed E-state index contributed by atoms with van der Waals surface area (Å²) in [6, 6.07) is 2.50. The zero-order valence-electron chi connectivity index (χ0n) is 13.4. The van der Waals surface area contributed by atoms with Crippen molar-refractivity contribution < 1.29 is 9.53 Å². The van der Waals surface area contributed by atoms with Gasteiger partial charge >= 0.3 is 5.97 Å². The maximum Gasteiger partial charge on any atom is 0.326 e. The minimum Gasteiger partial charge on any atom is -0.465 e. The van der Waals surface area contributed by atoms with E-state index in [1.165, 1.54) is 12.8 Å². The van der Waals surface area contributed by atoms with E-state index in [9.17, 15) is 4.79 Å². The fourth-order valence-electron chi connectivity index (χ4n) is 2.54. The van der Waals surface area contributed by atoms with Gasteiger partial charge in [-0.15, -0.1) is 0 Å². The molecular weight excluding hydrogens is 266 g/mol. The van der Waals surface area contributed by atoms with Crippen LogP contribution in [0.2, 0.25) is 0 Å². The SMILES string of the molecule is CCOC(=O)C(C)(CCCCn1ccc(C)n1)NC1CC1. The number of nitrogens with zero attached hydrogens (tertiary/aromatic N) is 2. The van der Waals surface area contributed by atoms with Crippen molar-refractivity contribution in [1.29, 1.82) is 0 Å². The normalized spacial score (nSPS) is 17.5. The van der Waals surface area contributed by atoms with Gasteiger partial charge in [0.15, 0.2) is 0 Å². The van der Waals surface area contributed by atoms with Crippen LogP contribution in [0.1, 0.15) is 51.6 Å². The number of ether oxygens (including phenoxy) is 1. The number of hydrogen-bond donors (Lipinski definition) is 1. The molecule has 0 aromatic carbocycles. The molecule has 21 heavy (non-hydrogen) atoms. The number of rotatable bonds is 9. The molecule has 1 aromatic rings. The summed E-state index contributed by atoms with van der Waals surface area (Å²) in [6.07, 6.45) is 7.14. The zero-order valence-corrected chi connectivity index (χ0v) is 13.4. The Morgan fingerprint density at radius 3 is 2.86 bits per heavy atom. The first-order valence-corrected chi connectivity index (χ1v) is 7.98. The van der Waals surface area contributed by atoms with E-state index in [0.29, 0.717) is 12.6 Å². The lowest BCUT2D eigenvalue weighted by molar-refractivity contribution is -0.151. The van der Waals surface area contributed by atoms with Crippen LogP contribution in [0.15, 0.2) is 12.3 Å². The van der Waals surface area contributed by atoms with E-state index in [0.717, 1.165) is 31.5 Å². The van der Waals surface area contributed by atoms with E-state index >= 15 is 0 Å². The number of aromatic nitrogens is 2. The second-order valence-electron chi connectivity index (χ2n) is 6.15. The van der Waals surface area contributed by atoms with Crippen LogP contribution in [0.3, 0.4) is 0 Å². The fourth-order valence-corrected chi connectivity index (χ4v) is 2.54. The molecule has 0 spiro atoms. The third kappa shape index (κ3) is 4.84. The molecule has 0 aliphatic heterocycles. The van der Waals surface area contributed by atoms with Gasteiger partial charge in [0.05, 0.1) is 12.3 Å². The quantitative estimate of drug-likeness (QED) is 0.561. The van der Waals surface area contributed by atoms with Gasteiger partial charge in [-0.2, -0.15) is 5.10 Å². The number of aryl methyl sites for hydroxylation is 2. The van der Waals surface area contributed by atoms with Gasteiger partial charge in [-0.3, -0.25) is 14.8 Å². The molecule has 1 aromatic heterocycles. The highest BCUT2D eigenvalue weighted by Crippen LogP contribution is 2.26. The molecule has 118 valence electrons. The van der Waals surface area contributed by atoms with Crippen molar-refractivity contribution in [2.45, 2.75) is 71.0 Å². The van der Waals surface area contributed by atoms with Crippen LogP contribution in [-0.2, 0) is 16.1 Å². The minimum absolute atomic E-state index is 0.119. The molecule has 0 amide bonds. The third-order valence-electron chi connectivity index (χ3n) is 3.91. The van der Waals surface area contributed by atoms with Gasteiger partial charge in [-0.05, 0) is 58.9 Å². The molecule has 1 unspecified atom stereocenters. The predicted octanol–water partition coefficient (Wildman–Crippen LogP) is 2.44. The van der Waals surface area contributed by atoms with E-state index in [4.69, 9.17) is 4.74 Å². The first-order valence-electron chi connectivity index (χ1n) is 7.98. The molecule has 2 rings (SSSR count). The Kier molecular flexibility index (Phi) is 5.39. The Morgan fingerprint density at radius 1 is 1.52 bits per heavy atom. The fraction of sp³-hybridized carbons (Fsp3) is 0.750. The van der Waals surface area contributed by atoms with Crippen LogP contribution in [-0.4, -0.2) is 33.9 Å². The molecule has 1 fully saturated rings. The zero-order chi connectivity index (χ0) is 15.3. The summed E-state index contributed by atoms with van der Waals surface area (Å²) in [5.74, 6) is -0.119. The van der Waals surface area contributed by atoms with Crippen molar-refractivity contribution in [3.8, 4) is 0 Å². The molecule has 1 aliphatic carbocycles. The minimum atomic E-state index is -0.544. The largest absolute Gasteiger partial charge is 0.465 e. The van der Waals surface area contributed by atoms with Gasteiger partial charge in [0, 0.05) is 18.8 Å². The topological polar surface area (TPSA) is 56.2 Å². The molecule has 1 aliphatic rings. The lowest BCUT2D eigenvalue weighted by Crippen LogP contribution is -2.51. The molecule has 1 saturated carbocycles. The summed E-state index contributed by atoms with van der Waals surface area (Å²) in [7, 11) is 0. The van der Waals surface area contributed by atoms with Crippen molar-refractivity contribution in [2.24, 2.45) is 0 Å². The van der Waals surface area contributed by atoms with Crippen molar-refractivity contribution in [2.75, 3.05) is 6.61 Å². The Balaban J connectivity index is 1.79. The molecular formula is C16H27N3O2. The van der Waals surface area contributed by atoms with Crippen LogP contribution < -0.4 is 5.32 Å². The van der Waals surface area contributed by atoms with Gasteiger partial charge in [-0.25, -0.2) is 0 Å².